The molecule has 0 spiro atoms. The number of fused-ring (bicyclic) bond motifs is 1. The molecule has 7 rings (SSSR count). The van der Waals surface area contributed by atoms with Gasteiger partial charge in [-0.1, -0.05) is 48.5 Å². The number of ether oxygens (including phenoxy) is 1. The minimum atomic E-state index is -0.629. The Morgan fingerprint density at radius 1 is 0.808 bits per heavy atom. The Morgan fingerprint density at radius 3 is 2.23 bits per heavy atom. The van der Waals surface area contributed by atoms with Crippen molar-refractivity contribution in [1.29, 1.82) is 0 Å². The minimum Gasteiger partial charge on any atom is -0.438 e. The standard InChI is InChI=1S/C41H44FN7O3/c1-26-24-49(25-27(2)45-26)19-18-28-10-12-29(13-11-28)30-6-5-7-34(20-30)52-41-35(21-31(42)22-44-41)39(50)46-32-14-16-33(17-15-32)47-40(51)38-23-43-36-8-3-4-9-37(36)48-38/h3-13,20-23,26-27,32-33,45H,14-19,24-25H2,1-2H3,(H,46,50)(H,47,51)/t26-,27+,32-,33-. The maximum Gasteiger partial charge on any atom is 0.271 e. The monoisotopic (exact) mass is 701 g/mol. The van der Waals surface area contributed by atoms with Gasteiger partial charge in [-0.15, -0.1) is 0 Å². The molecule has 52 heavy (non-hydrogen) atoms. The second-order valence-electron chi connectivity index (χ2n) is 14.1. The lowest BCUT2D eigenvalue weighted by atomic mass is 9.91. The van der Waals surface area contributed by atoms with Crippen LogP contribution in [0.3, 0.4) is 0 Å². The number of para-hydroxylation sites is 2. The van der Waals surface area contributed by atoms with Gasteiger partial charge in [0.05, 0.1) is 23.4 Å². The van der Waals surface area contributed by atoms with Gasteiger partial charge in [0, 0.05) is 43.8 Å². The predicted molar refractivity (Wildman–Crippen MR) is 199 cm³/mol. The molecule has 0 bridgehead atoms. The second-order valence-corrected chi connectivity index (χ2v) is 14.1. The molecule has 1 aliphatic carbocycles. The fourth-order valence-electron chi connectivity index (χ4n) is 7.27. The summed E-state index contributed by atoms with van der Waals surface area (Å²) in [5.41, 5.74) is 4.97. The van der Waals surface area contributed by atoms with Crippen LogP contribution < -0.4 is 20.7 Å². The Bertz CT molecular complexity index is 2020. The van der Waals surface area contributed by atoms with E-state index < -0.39 is 11.7 Å². The molecular weight excluding hydrogens is 657 g/mol. The number of piperazine rings is 1. The normalized spacial score (nSPS) is 20.7. The van der Waals surface area contributed by atoms with Gasteiger partial charge in [0.2, 0.25) is 5.88 Å². The summed E-state index contributed by atoms with van der Waals surface area (Å²) in [4.78, 5) is 41.8. The van der Waals surface area contributed by atoms with Crippen LogP contribution in [0.2, 0.25) is 0 Å². The number of nitrogens with one attached hydrogen (secondary N) is 3. The number of amides is 2. The molecule has 5 aromatic rings. The van der Waals surface area contributed by atoms with Gasteiger partial charge in [-0.25, -0.2) is 14.4 Å². The largest absolute Gasteiger partial charge is 0.438 e. The summed E-state index contributed by atoms with van der Waals surface area (Å²) in [6, 6.07) is 25.5. The van der Waals surface area contributed by atoms with Crippen molar-refractivity contribution in [1.82, 2.24) is 35.8 Å². The lowest BCUT2D eigenvalue weighted by Gasteiger charge is -2.36. The van der Waals surface area contributed by atoms with E-state index in [-0.39, 0.29) is 35.1 Å². The zero-order chi connectivity index (χ0) is 36.0. The first kappa shape index (κ1) is 35.2. The number of nitrogens with zero attached hydrogens (tertiary/aromatic N) is 4. The first-order valence-electron chi connectivity index (χ1n) is 18.1. The number of aromatic nitrogens is 3. The summed E-state index contributed by atoms with van der Waals surface area (Å²) >= 11 is 0. The van der Waals surface area contributed by atoms with E-state index in [4.69, 9.17) is 4.74 Å². The number of rotatable bonds is 10. The van der Waals surface area contributed by atoms with E-state index in [2.05, 4.69) is 73.9 Å². The van der Waals surface area contributed by atoms with E-state index in [0.717, 1.165) is 55.0 Å². The Hall–Kier alpha value is -5.26. The molecule has 268 valence electrons. The number of carbonyl (C=O) groups excluding carboxylic acids is 2. The molecule has 1 saturated carbocycles. The summed E-state index contributed by atoms with van der Waals surface area (Å²) < 4.78 is 20.5. The molecule has 1 aliphatic heterocycles. The van der Waals surface area contributed by atoms with Gasteiger partial charge in [0.15, 0.2) is 0 Å². The van der Waals surface area contributed by atoms with Crippen LogP contribution in [0.15, 0.2) is 91.3 Å². The highest BCUT2D eigenvalue weighted by molar-refractivity contribution is 5.96. The molecule has 2 atom stereocenters. The molecule has 11 heteroatoms. The predicted octanol–water partition coefficient (Wildman–Crippen LogP) is 6.32. The summed E-state index contributed by atoms with van der Waals surface area (Å²) in [6.07, 6.45) is 6.16. The van der Waals surface area contributed by atoms with Gasteiger partial charge in [0.1, 0.15) is 22.8 Å². The van der Waals surface area contributed by atoms with E-state index in [1.807, 2.05) is 42.5 Å². The lowest BCUT2D eigenvalue weighted by molar-refractivity contribution is 0.0887. The van der Waals surface area contributed by atoms with Crippen molar-refractivity contribution in [3.63, 3.8) is 0 Å². The summed E-state index contributed by atoms with van der Waals surface area (Å²) in [6.45, 7) is 7.63. The third-order valence-electron chi connectivity index (χ3n) is 9.83. The first-order valence-corrected chi connectivity index (χ1v) is 18.1. The third-order valence-corrected chi connectivity index (χ3v) is 9.83. The number of carbonyl (C=O) groups is 2. The minimum absolute atomic E-state index is 0.0216. The van der Waals surface area contributed by atoms with Crippen LogP contribution in [0.25, 0.3) is 22.2 Å². The molecule has 3 aromatic carbocycles. The van der Waals surface area contributed by atoms with Crippen molar-refractivity contribution >= 4 is 22.8 Å². The maximum atomic E-state index is 14.4. The first-order chi connectivity index (χ1) is 25.3. The van der Waals surface area contributed by atoms with Crippen molar-refractivity contribution < 1.29 is 18.7 Å². The van der Waals surface area contributed by atoms with Gasteiger partial charge < -0.3 is 20.7 Å². The van der Waals surface area contributed by atoms with Crippen LogP contribution in [0, 0.1) is 5.82 Å². The highest BCUT2D eigenvalue weighted by atomic mass is 19.1. The van der Waals surface area contributed by atoms with Crippen LogP contribution in [0.1, 0.15) is 65.9 Å². The number of hydrogen-bond acceptors (Lipinski definition) is 8. The van der Waals surface area contributed by atoms with Crippen molar-refractivity contribution in [2.45, 2.75) is 70.1 Å². The zero-order valence-electron chi connectivity index (χ0n) is 29.5. The summed E-state index contributed by atoms with van der Waals surface area (Å²) in [5, 5.41) is 9.66. The van der Waals surface area contributed by atoms with Crippen LogP contribution in [0.5, 0.6) is 11.6 Å². The smallest absolute Gasteiger partial charge is 0.271 e. The van der Waals surface area contributed by atoms with Gasteiger partial charge in [0.25, 0.3) is 11.8 Å². The van der Waals surface area contributed by atoms with Gasteiger partial charge in [-0.3, -0.25) is 19.5 Å². The molecule has 3 heterocycles. The molecule has 2 aromatic heterocycles. The van der Waals surface area contributed by atoms with Crippen LogP contribution >= 0.6 is 0 Å². The average Bonchev–Trinajstić information content (AvgIpc) is 3.15. The molecule has 3 N–H and O–H groups in total. The number of halogens is 1. The molecule has 1 saturated heterocycles. The van der Waals surface area contributed by atoms with Gasteiger partial charge in [-0.05, 0) is 93.0 Å². The molecule has 2 amide bonds. The average molecular weight is 702 g/mol. The van der Waals surface area contributed by atoms with Gasteiger partial charge >= 0.3 is 0 Å². The number of hydrogen-bond donors (Lipinski definition) is 3. The Balaban J connectivity index is 0.935. The second kappa shape index (κ2) is 16.0. The van der Waals surface area contributed by atoms with Crippen LogP contribution in [0.4, 0.5) is 4.39 Å². The fraction of sp³-hybridized carbons (Fsp3) is 0.341. The number of benzene rings is 3. The Kier molecular flexibility index (Phi) is 10.8. The third kappa shape index (κ3) is 8.78. The van der Waals surface area contributed by atoms with Crippen molar-refractivity contribution in [2.75, 3.05) is 19.6 Å². The Labute approximate surface area is 303 Å². The van der Waals surface area contributed by atoms with Crippen molar-refractivity contribution in [3.8, 4) is 22.8 Å². The SMILES string of the molecule is C[C@@H]1CN(CCc2ccc(-c3cccc(Oc4ncc(F)cc4C(=O)N[C@H]4CC[C@H](NC(=O)c5cnc6ccccc6n5)CC4)c3)cc2)C[C@H](C)N1. The van der Waals surface area contributed by atoms with Crippen LogP contribution in [-0.4, -0.2) is 75.5 Å². The Morgan fingerprint density at radius 2 is 1.50 bits per heavy atom. The van der Waals surface area contributed by atoms with Gasteiger partial charge in [-0.2, -0.15) is 0 Å². The van der Waals surface area contributed by atoms with Crippen LogP contribution in [-0.2, 0) is 6.42 Å². The molecule has 0 radical (unpaired) electrons. The molecule has 2 fully saturated rings. The lowest BCUT2D eigenvalue weighted by Crippen LogP contribution is -2.54. The molecular formula is C41H44FN7O3. The quantitative estimate of drug-likeness (QED) is 0.155. The van der Waals surface area contributed by atoms with E-state index in [9.17, 15) is 14.0 Å². The summed E-state index contributed by atoms with van der Waals surface area (Å²) in [7, 11) is 0. The highest BCUT2D eigenvalue weighted by Gasteiger charge is 2.26. The van der Waals surface area contributed by atoms with Crippen molar-refractivity contribution in [2.24, 2.45) is 0 Å². The summed E-state index contributed by atoms with van der Waals surface area (Å²) in [5.74, 6) is -0.845. The highest BCUT2D eigenvalue weighted by Crippen LogP contribution is 2.29. The maximum absolute atomic E-state index is 14.4. The van der Waals surface area contributed by atoms with E-state index in [1.165, 1.54) is 11.8 Å². The molecule has 0 unspecified atom stereocenters. The van der Waals surface area contributed by atoms with E-state index >= 15 is 0 Å². The zero-order valence-corrected chi connectivity index (χ0v) is 29.5. The fourth-order valence-corrected chi connectivity index (χ4v) is 7.27. The van der Waals surface area contributed by atoms with E-state index in [0.29, 0.717) is 49.0 Å². The topological polar surface area (TPSA) is 121 Å². The van der Waals surface area contributed by atoms with Crippen molar-refractivity contribution in [3.05, 3.63) is 114 Å². The number of pyridine rings is 1. The van der Waals surface area contributed by atoms with E-state index in [1.54, 1.807) is 6.07 Å². The molecule has 10 nitrogen and oxygen atoms in total. The molecule has 2 aliphatic rings.